The Morgan fingerprint density at radius 3 is 2.47 bits per heavy atom. The van der Waals surface area contributed by atoms with Crippen molar-refractivity contribution in [1.29, 1.82) is 0 Å². The number of carbonyl (C=O) groups is 3. The Kier molecular flexibility index (Phi) is 6.66. The molecule has 2 aromatic rings. The number of rotatable bonds is 5. The minimum atomic E-state index is -0.944. The van der Waals surface area contributed by atoms with Gasteiger partial charge in [-0.25, -0.2) is 13.8 Å². The molecule has 0 bridgehead atoms. The number of amides is 3. The van der Waals surface area contributed by atoms with E-state index in [9.17, 15) is 23.2 Å². The van der Waals surface area contributed by atoms with Gasteiger partial charge in [0.2, 0.25) is 5.91 Å². The first kappa shape index (κ1) is 21.7. The molecule has 1 aromatic heterocycles. The number of anilines is 1. The second-order valence-electron chi connectivity index (χ2n) is 6.96. The maximum atomic E-state index is 13.9. The van der Waals surface area contributed by atoms with Crippen molar-refractivity contribution >= 4 is 35.0 Å². The normalized spacial score (nSPS) is 18.5. The highest BCUT2D eigenvalue weighted by molar-refractivity contribution is 6.33. The zero-order valence-electron chi connectivity index (χ0n) is 16.0. The predicted octanol–water partition coefficient (Wildman–Crippen LogP) is 2.63. The van der Waals surface area contributed by atoms with Gasteiger partial charge in [-0.3, -0.25) is 14.4 Å². The lowest BCUT2D eigenvalue weighted by molar-refractivity contribution is -0.120. The monoisotopic (exact) mass is 439 g/mol. The van der Waals surface area contributed by atoms with E-state index in [2.05, 4.69) is 25.9 Å². The third-order valence-electron chi connectivity index (χ3n) is 5.00. The van der Waals surface area contributed by atoms with E-state index in [0.717, 1.165) is 6.07 Å². The standard InChI is InChI=1S/C19H20ClF2N5O3/c1-23-18(29)15-16(25-8-24-15)19(30)26-11-4-2-9(3-5-11)17(28)27-14-12(20)6-10(21)7-13(14)22/h6-9,11H,2-5H2,1H3,(H,23,29)(H,24,25)(H,26,30)(H,27,28)/t9-,11-. The van der Waals surface area contributed by atoms with Gasteiger partial charge in [0.15, 0.2) is 11.5 Å². The van der Waals surface area contributed by atoms with Gasteiger partial charge in [-0.1, -0.05) is 11.6 Å². The third kappa shape index (κ3) is 4.76. The first-order valence-corrected chi connectivity index (χ1v) is 9.69. The molecule has 1 heterocycles. The molecule has 1 aromatic carbocycles. The van der Waals surface area contributed by atoms with Crippen molar-refractivity contribution in [1.82, 2.24) is 20.6 Å². The van der Waals surface area contributed by atoms with Crippen LogP contribution in [0.25, 0.3) is 0 Å². The lowest BCUT2D eigenvalue weighted by Crippen LogP contribution is -2.40. The highest BCUT2D eigenvalue weighted by Gasteiger charge is 2.29. The van der Waals surface area contributed by atoms with Gasteiger partial charge in [-0.05, 0) is 31.7 Å². The first-order chi connectivity index (χ1) is 14.3. The molecule has 1 aliphatic carbocycles. The van der Waals surface area contributed by atoms with Crippen LogP contribution in [0.1, 0.15) is 46.7 Å². The van der Waals surface area contributed by atoms with Gasteiger partial charge in [-0.2, -0.15) is 0 Å². The lowest BCUT2D eigenvalue weighted by atomic mass is 9.85. The number of carbonyl (C=O) groups excluding carboxylic acids is 3. The molecule has 1 saturated carbocycles. The molecule has 0 spiro atoms. The molecule has 0 unspecified atom stereocenters. The number of benzene rings is 1. The Labute approximate surface area is 175 Å². The van der Waals surface area contributed by atoms with E-state index in [-0.39, 0.29) is 28.1 Å². The molecule has 3 rings (SSSR count). The molecular weight excluding hydrogens is 420 g/mol. The van der Waals surface area contributed by atoms with Crippen molar-refractivity contribution in [3.8, 4) is 0 Å². The third-order valence-corrected chi connectivity index (χ3v) is 5.29. The van der Waals surface area contributed by atoms with Gasteiger partial charge < -0.3 is 20.9 Å². The molecule has 30 heavy (non-hydrogen) atoms. The minimum Gasteiger partial charge on any atom is -0.354 e. The Balaban J connectivity index is 1.55. The second-order valence-corrected chi connectivity index (χ2v) is 7.37. The second kappa shape index (κ2) is 9.21. The van der Waals surface area contributed by atoms with Crippen LogP contribution in [0.15, 0.2) is 18.5 Å². The lowest BCUT2D eigenvalue weighted by Gasteiger charge is -2.28. The van der Waals surface area contributed by atoms with Crippen LogP contribution in [0.3, 0.4) is 0 Å². The van der Waals surface area contributed by atoms with Gasteiger partial charge >= 0.3 is 0 Å². The van der Waals surface area contributed by atoms with Crippen LogP contribution in [0.4, 0.5) is 14.5 Å². The van der Waals surface area contributed by atoms with Gasteiger partial charge in [0.25, 0.3) is 11.8 Å². The molecule has 3 amide bonds. The number of nitrogens with zero attached hydrogens (tertiary/aromatic N) is 1. The average Bonchev–Trinajstić information content (AvgIpc) is 3.20. The number of aromatic nitrogens is 2. The molecule has 11 heteroatoms. The molecule has 0 saturated heterocycles. The van der Waals surface area contributed by atoms with Crippen molar-refractivity contribution in [3.63, 3.8) is 0 Å². The number of hydrogen-bond acceptors (Lipinski definition) is 4. The number of imidazole rings is 1. The topological polar surface area (TPSA) is 116 Å². The van der Waals surface area contributed by atoms with Gasteiger partial charge in [-0.15, -0.1) is 0 Å². The number of nitrogens with one attached hydrogen (secondary N) is 4. The number of aromatic amines is 1. The first-order valence-electron chi connectivity index (χ1n) is 9.31. The van der Waals surface area contributed by atoms with Crippen molar-refractivity contribution < 1.29 is 23.2 Å². The average molecular weight is 440 g/mol. The maximum Gasteiger partial charge on any atom is 0.272 e. The molecule has 8 nitrogen and oxygen atoms in total. The van der Waals surface area contributed by atoms with Gasteiger partial charge in [0.05, 0.1) is 17.0 Å². The van der Waals surface area contributed by atoms with E-state index in [1.54, 1.807) is 0 Å². The Hall–Kier alpha value is -3.01. The van der Waals surface area contributed by atoms with E-state index in [4.69, 9.17) is 11.6 Å². The summed E-state index contributed by atoms with van der Waals surface area (Å²) in [6.07, 6.45) is 3.23. The largest absolute Gasteiger partial charge is 0.354 e. The van der Waals surface area contributed by atoms with Crippen LogP contribution in [0.5, 0.6) is 0 Å². The summed E-state index contributed by atoms with van der Waals surface area (Å²) >= 11 is 5.81. The van der Waals surface area contributed by atoms with Gasteiger partial charge in [0, 0.05) is 25.1 Å². The Bertz CT molecular complexity index is 950. The van der Waals surface area contributed by atoms with Crippen molar-refractivity contribution in [2.75, 3.05) is 12.4 Å². The van der Waals surface area contributed by atoms with Crippen LogP contribution in [-0.4, -0.2) is 40.8 Å². The highest BCUT2D eigenvalue weighted by atomic mass is 35.5. The van der Waals surface area contributed by atoms with Gasteiger partial charge in [0.1, 0.15) is 11.5 Å². The van der Waals surface area contributed by atoms with E-state index in [1.807, 2.05) is 0 Å². The zero-order chi connectivity index (χ0) is 21.8. The highest BCUT2D eigenvalue weighted by Crippen LogP contribution is 2.30. The van der Waals surface area contributed by atoms with Crippen molar-refractivity contribution in [2.24, 2.45) is 5.92 Å². The van der Waals surface area contributed by atoms with E-state index in [0.29, 0.717) is 31.7 Å². The SMILES string of the molecule is CNC(=O)c1nc[nH]c1C(=O)N[C@H]1CC[C@H](C(=O)Nc2c(F)cc(F)cc2Cl)CC1. The smallest absolute Gasteiger partial charge is 0.272 e. The minimum absolute atomic E-state index is 0.00117. The summed E-state index contributed by atoms with van der Waals surface area (Å²) in [6.45, 7) is 0. The quantitative estimate of drug-likeness (QED) is 0.573. The summed E-state index contributed by atoms with van der Waals surface area (Å²) in [5.74, 6) is -3.52. The Morgan fingerprint density at radius 1 is 1.13 bits per heavy atom. The molecule has 160 valence electrons. The van der Waals surface area contributed by atoms with Crippen molar-refractivity contribution in [2.45, 2.75) is 31.7 Å². The van der Waals surface area contributed by atoms with Crippen LogP contribution < -0.4 is 16.0 Å². The summed E-state index contributed by atoms with van der Waals surface area (Å²) in [4.78, 5) is 43.2. The molecule has 0 atom stereocenters. The fourth-order valence-corrected chi connectivity index (χ4v) is 3.64. The van der Waals surface area contributed by atoms with Crippen LogP contribution in [0, 0.1) is 17.6 Å². The fourth-order valence-electron chi connectivity index (χ4n) is 3.40. The van der Waals surface area contributed by atoms with Crippen molar-refractivity contribution in [3.05, 3.63) is 46.5 Å². The van der Waals surface area contributed by atoms with E-state index < -0.39 is 35.3 Å². The molecule has 1 fully saturated rings. The summed E-state index contributed by atoms with van der Waals surface area (Å²) in [6, 6.07) is 1.39. The molecule has 0 aliphatic heterocycles. The molecular formula is C19H20ClF2N5O3. The molecule has 4 N–H and O–H groups in total. The van der Waals surface area contributed by atoms with E-state index >= 15 is 0 Å². The molecule has 0 radical (unpaired) electrons. The maximum absolute atomic E-state index is 13.9. The summed E-state index contributed by atoms with van der Waals surface area (Å²) in [7, 11) is 1.44. The predicted molar refractivity (Wildman–Crippen MR) is 105 cm³/mol. The van der Waals surface area contributed by atoms with E-state index in [1.165, 1.54) is 13.4 Å². The Morgan fingerprint density at radius 2 is 1.83 bits per heavy atom. The number of halogens is 3. The number of H-pyrrole nitrogens is 1. The summed E-state index contributed by atoms with van der Waals surface area (Å²) in [5, 5.41) is 7.45. The zero-order valence-corrected chi connectivity index (χ0v) is 16.8. The summed E-state index contributed by atoms with van der Waals surface area (Å²) < 4.78 is 27.0. The molecule has 1 aliphatic rings. The van der Waals surface area contributed by atoms with Crippen LogP contribution >= 0.6 is 11.6 Å². The number of hydrogen-bond donors (Lipinski definition) is 4. The van der Waals surface area contributed by atoms with Crippen LogP contribution in [-0.2, 0) is 4.79 Å². The van der Waals surface area contributed by atoms with Crippen LogP contribution in [0.2, 0.25) is 5.02 Å². The fraction of sp³-hybridized carbons (Fsp3) is 0.368. The summed E-state index contributed by atoms with van der Waals surface area (Å²) in [5.41, 5.74) is -0.184.